The highest BCUT2D eigenvalue weighted by Gasteiger charge is 2.29. The third kappa shape index (κ3) is 3.05. The van der Waals surface area contributed by atoms with Crippen LogP contribution < -0.4 is 5.32 Å². The van der Waals surface area contributed by atoms with E-state index in [0.29, 0.717) is 24.1 Å². The molecule has 0 bridgehead atoms. The van der Waals surface area contributed by atoms with Gasteiger partial charge in [-0.05, 0) is 32.6 Å². The van der Waals surface area contributed by atoms with Crippen LogP contribution in [-0.2, 0) is 6.54 Å². The molecular formula is C13H22N4O2. The highest BCUT2D eigenvalue weighted by molar-refractivity contribution is 5.60. The van der Waals surface area contributed by atoms with Crippen LogP contribution in [0.4, 0.5) is 11.5 Å². The molecule has 1 N–H and O–H groups in total. The number of hydrogen-bond donors (Lipinski definition) is 1. The lowest BCUT2D eigenvalue weighted by Gasteiger charge is -2.18. The lowest BCUT2D eigenvalue weighted by atomic mass is 10.1. The van der Waals surface area contributed by atoms with Crippen molar-refractivity contribution >= 4 is 11.5 Å². The normalized spacial score (nSPS) is 16.4. The fraction of sp³-hybridized carbons (Fsp3) is 0.769. The average Bonchev–Trinajstić information content (AvgIpc) is 3.11. The largest absolute Gasteiger partial charge is 0.362 e. The third-order valence-corrected chi connectivity index (χ3v) is 3.73. The van der Waals surface area contributed by atoms with Crippen molar-refractivity contribution in [2.24, 2.45) is 5.92 Å². The van der Waals surface area contributed by atoms with Crippen molar-refractivity contribution in [1.82, 2.24) is 9.78 Å². The molecule has 0 saturated heterocycles. The molecule has 106 valence electrons. The summed E-state index contributed by atoms with van der Waals surface area (Å²) < 4.78 is 1.70. The first-order valence-corrected chi connectivity index (χ1v) is 7.05. The van der Waals surface area contributed by atoms with E-state index in [1.54, 1.807) is 11.6 Å². The van der Waals surface area contributed by atoms with Gasteiger partial charge in [0.1, 0.15) is 5.69 Å². The second-order valence-electron chi connectivity index (χ2n) is 5.28. The van der Waals surface area contributed by atoms with Gasteiger partial charge < -0.3 is 5.32 Å². The maximum Gasteiger partial charge on any atom is 0.333 e. The van der Waals surface area contributed by atoms with Gasteiger partial charge in [0, 0.05) is 12.6 Å². The molecule has 1 aromatic rings. The van der Waals surface area contributed by atoms with E-state index in [2.05, 4.69) is 17.3 Å². The van der Waals surface area contributed by atoms with Crippen LogP contribution in [0.3, 0.4) is 0 Å². The van der Waals surface area contributed by atoms with Gasteiger partial charge in [-0.15, -0.1) is 0 Å². The standard InChI is InChI=1S/C13H22N4O2/c1-4-11(8-10-6-7-10)14-13-12(17(18)19)9(3)15-16(13)5-2/h10-11,14H,4-8H2,1-3H3. The van der Waals surface area contributed by atoms with Gasteiger partial charge in [-0.2, -0.15) is 5.10 Å². The molecule has 1 saturated carbocycles. The zero-order valence-electron chi connectivity index (χ0n) is 11.8. The Labute approximate surface area is 113 Å². The predicted octanol–water partition coefficient (Wildman–Crippen LogP) is 3.11. The Balaban J connectivity index is 2.22. The summed E-state index contributed by atoms with van der Waals surface area (Å²) in [6, 6.07) is 0.299. The van der Waals surface area contributed by atoms with Crippen molar-refractivity contribution in [3.05, 3.63) is 15.8 Å². The monoisotopic (exact) mass is 266 g/mol. The summed E-state index contributed by atoms with van der Waals surface area (Å²) in [6.07, 6.45) is 4.67. The summed E-state index contributed by atoms with van der Waals surface area (Å²) in [4.78, 5) is 10.9. The first-order chi connectivity index (χ1) is 9.06. The first kappa shape index (κ1) is 13.8. The van der Waals surface area contributed by atoms with Crippen LogP contribution in [0.2, 0.25) is 0 Å². The second-order valence-corrected chi connectivity index (χ2v) is 5.28. The maximum atomic E-state index is 11.2. The Kier molecular flexibility index (Phi) is 4.07. The van der Waals surface area contributed by atoms with Crippen molar-refractivity contribution < 1.29 is 4.92 Å². The van der Waals surface area contributed by atoms with Crippen molar-refractivity contribution in [2.75, 3.05) is 5.32 Å². The molecule has 6 heteroatoms. The van der Waals surface area contributed by atoms with Crippen LogP contribution in [0, 0.1) is 23.0 Å². The number of aryl methyl sites for hydroxylation is 2. The van der Waals surface area contributed by atoms with Gasteiger partial charge in [0.15, 0.2) is 0 Å². The van der Waals surface area contributed by atoms with E-state index >= 15 is 0 Å². The van der Waals surface area contributed by atoms with E-state index in [0.717, 1.165) is 18.8 Å². The summed E-state index contributed by atoms with van der Waals surface area (Å²) in [6.45, 7) is 6.39. The van der Waals surface area contributed by atoms with E-state index in [9.17, 15) is 10.1 Å². The Morgan fingerprint density at radius 1 is 1.53 bits per heavy atom. The van der Waals surface area contributed by atoms with E-state index in [4.69, 9.17) is 0 Å². The SMILES string of the molecule is CCC(CC1CC1)Nc1c([N+](=O)[O-])c(C)nn1CC. The Bertz CT molecular complexity index is 465. The molecule has 1 fully saturated rings. The van der Waals surface area contributed by atoms with E-state index < -0.39 is 0 Å². The van der Waals surface area contributed by atoms with Crippen molar-refractivity contribution in [1.29, 1.82) is 0 Å². The number of hydrogen-bond acceptors (Lipinski definition) is 4. The lowest BCUT2D eigenvalue weighted by Crippen LogP contribution is -2.22. The second kappa shape index (κ2) is 5.59. The van der Waals surface area contributed by atoms with Gasteiger partial charge in [0.2, 0.25) is 5.82 Å². The Morgan fingerprint density at radius 3 is 2.68 bits per heavy atom. The predicted molar refractivity (Wildman–Crippen MR) is 74.3 cm³/mol. The van der Waals surface area contributed by atoms with Crippen molar-refractivity contribution in [2.45, 2.75) is 59.0 Å². The Hall–Kier alpha value is -1.59. The summed E-state index contributed by atoms with van der Waals surface area (Å²) in [7, 11) is 0. The molecular weight excluding hydrogens is 244 g/mol. The number of nitrogens with zero attached hydrogens (tertiary/aromatic N) is 3. The van der Waals surface area contributed by atoms with Gasteiger partial charge in [-0.25, -0.2) is 4.68 Å². The molecule has 2 rings (SSSR count). The third-order valence-electron chi connectivity index (χ3n) is 3.73. The molecule has 0 aromatic carbocycles. The van der Waals surface area contributed by atoms with Crippen LogP contribution in [0.25, 0.3) is 0 Å². The van der Waals surface area contributed by atoms with Crippen molar-refractivity contribution in [3.8, 4) is 0 Å². The molecule has 6 nitrogen and oxygen atoms in total. The smallest absolute Gasteiger partial charge is 0.333 e. The number of aromatic nitrogens is 2. The molecule has 1 aliphatic carbocycles. The molecule has 1 heterocycles. The minimum Gasteiger partial charge on any atom is -0.362 e. The fourth-order valence-electron chi connectivity index (χ4n) is 2.44. The van der Waals surface area contributed by atoms with Crippen molar-refractivity contribution in [3.63, 3.8) is 0 Å². The van der Waals surface area contributed by atoms with Gasteiger partial charge in [-0.1, -0.05) is 19.8 Å². The molecule has 0 amide bonds. The number of rotatable bonds is 7. The van der Waals surface area contributed by atoms with Crippen LogP contribution in [-0.4, -0.2) is 20.7 Å². The number of nitro groups is 1. The van der Waals surface area contributed by atoms with E-state index in [1.165, 1.54) is 12.8 Å². The first-order valence-electron chi connectivity index (χ1n) is 7.05. The number of nitrogens with one attached hydrogen (secondary N) is 1. The Morgan fingerprint density at radius 2 is 2.21 bits per heavy atom. The summed E-state index contributed by atoms with van der Waals surface area (Å²) >= 11 is 0. The fourth-order valence-corrected chi connectivity index (χ4v) is 2.44. The average molecular weight is 266 g/mol. The molecule has 0 spiro atoms. The van der Waals surface area contributed by atoms with Gasteiger partial charge in [0.05, 0.1) is 4.92 Å². The minimum atomic E-state index is -0.333. The van der Waals surface area contributed by atoms with Gasteiger partial charge >= 0.3 is 5.69 Å². The lowest BCUT2D eigenvalue weighted by molar-refractivity contribution is -0.384. The zero-order valence-corrected chi connectivity index (χ0v) is 11.8. The molecule has 1 atom stereocenters. The summed E-state index contributed by atoms with van der Waals surface area (Å²) in [5.41, 5.74) is 0.603. The molecule has 0 aliphatic heterocycles. The topological polar surface area (TPSA) is 73.0 Å². The molecule has 1 unspecified atom stereocenters. The molecule has 19 heavy (non-hydrogen) atoms. The van der Waals surface area contributed by atoms with E-state index in [-0.39, 0.29) is 10.6 Å². The minimum absolute atomic E-state index is 0.121. The molecule has 1 aliphatic rings. The summed E-state index contributed by atoms with van der Waals surface area (Å²) in [5.74, 6) is 1.37. The highest BCUT2D eigenvalue weighted by Crippen LogP contribution is 2.36. The quantitative estimate of drug-likeness (QED) is 0.608. The number of anilines is 1. The molecule has 0 radical (unpaired) electrons. The van der Waals surface area contributed by atoms with Crippen LogP contribution in [0.5, 0.6) is 0 Å². The molecule has 1 aromatic heterocycles. The van der Waals surface area contributed by atoms with Crippen LogP contribution in [0.1, 0.15) is 45.2 Å². The van der Waals surface area contributed by atoms with Crippen LogP contribution >= 0.6 is 0 Å². The zero-order chi connectivity index (χ0) is 14.0. The summed E-state index contributed by atoms with van der Waals surface area (Å²) in [5, 5.41) is 18.8. The van der Waals surface area contributed by atoms with Gasteiger partial charge in [0.25, 0.3) is 0 Å². The maximum absolute atomic E-state index is 11.2. The highest BCUT2D eigenvalue weighted by atomic mass is 16.6. The van der Waals surface area contributed by atoms with Gasteiger partial charge in [-0.3, -0.25) is 10.1 Å². The van der Waals surface area contributed by atoms with E-state index in [1.807, 2.05) is 6.92 Å². The van der Waals surface area contributed by atoms with Crippen LogP contribution in [0.15, 0.2) is 0 Å².